The lowest BCUT2D eigenvalue weighted by Crippen LogP contribution is -2.38. The van der Waals surface area contributed by atoms with Gasteiger partial charge in [0.1, 0.15) is 11.8 Å². The number of benzene rings is 1. The van der Waals surface area contributed by atoms with E-state index in [0.717, 1.165) is 18.4 Å². The summed E-state index contributed by atoms with van der Waals surface area (Å²) in [7, 11) is 3.74. The fraction of sp³-hybridized carbons (Fsp3) is 0.333. The zero-order valence-electron chi connectivity index (χ0n) is 14.3. The lowest BCUT2D eigenvalue weighted by molar-refractivity contribution is -0.130. The van der Waals surface area contributed by atoms with E-state index < -0.39 is 0 Å². The second-order valence-corrected chi connectivity index (χ2v) is 6.41. The largest absolute Gasteiger partial charge is 0.348 e. The number of aromatic amines is 1. The van der Waals surface area contributed by atoms with Crippen molar-refractivity contribution in [2.24, 2.45) is 0 Å². The Morgan fingerprint density at radius 1 is 1.24 bits per heavy atom. The van der Waals surface area contributed by atoms with Crippen LogP contribution in [0.2, 0.25) is 0 Å². The molecule has 0 radical (unpaired) electrons. The maximum Gasteiger partial charge on any atom is 0.242 e. The van der Waals surface area contributed by atoms with Gasteiger partial charge in [-0.05, 0) is 24.0 Å². The van der Waals surface area contributed by atoms with Crippen LogP contribution in [0, 0.1) is 0 Å². The van der Waals surface area contributed by atoms with Gasteiger partial charge in [0.15, 0.2) is 11.5 Å². The van der Waals surface area contributed by atoms with E-state index in [-0.39, 0.29) is 18.5 Å². The molecule has 0 fully saturated rings. The molecule has 2 aromatic heterocycles. The molecule has 3 aromatic rings. The summed E-state index contributed by atoms with van der Waals surface area (Å²) in [5.41, 5.74) is 3.95. The van der Waals surface area contributed by atoms with Crippen molar-refractivity contribution < 1.29 is 4.79 Å². The molecule has 4 rings (SSSR count). The molecule has 0 saturated carbocycles. The van der Waals surface area contributed by atoms with Gasteiger partial charge < -0.3 is 14.8 Å². The molecule has 1 aliphatic carbocycles. The average molecular weight is 336 g/mol. The number of likely N-dealkylation sites (N-methyl/N-ethyl adjacent to an activating group) is 2. The Balaban J connectivity index is 1.51. The van der Waals surface area contributed by atoms with E-state index >= 15 is 0 Å². The third-order valence-corrected chi connectivity index (χ3v) is 4.90. The normalized spacial score (nSPS) is 16.0. The van der Waals surface area contributed by atoms with Gasteiger partial charge in [-0.25, -0.2) is 15.0 Å². The summed E-state index contributed by atoms with van der Waals surface area (Å²) in [4.78, 5) is 32.1. The highest BCUT2D eigenvalue weighted by Gasteiger charge is 2.29. The van der Waals surface area contributed by atoms with Crippen LogP contribution >= 0.6 is 0 Å². The van der Waals surface area contributed by atoms with Crippen LogP contribution in [0.1, 0.15) is 23.6 Å². The second-order valence-electron chi connectivity index (χ2n) is 6.41. The van der Waals surface area contributed by atoms with Gasteiger partial charge in [-0.3, -0.25) is 4.79 Å². The molecule has 0 saturated heterocycles. The predicted octanol–water partition coefficient (Wildman–Crippen LogP) is 1.93. The zero-order valence-corrected chi connectivity index (χ0v) is 14.3. The number of nitrogens with one attached hydrogen (secondary N) is 1. The summed E-state index contributed by atoms with van der Waals surface area (Å²) in [5, 5.41) is 0. The lowest BCUT2D eigenvalue weighted by atomic mass is 10.1. The third-order valence-electron chi connectivity index (χ3n) is 4.90. The monoisotopic (exact) mass is 336 g/mol. The second kappa shape index (κ2) is 6.16. The van der Waals surface area contributed by atoms with E-state index in [0.29, 0.717) is 11.5 Å². The summed E-state index contributed by atoms with van der Waals surface area (Å²) >= 11 is 0. The highest BCUT2D eigenvalue weighted by Crippen LogP contribution is 2.34. The molecule has 128 valence electrons. The molecule has 0 spiro atoms. The van der Waals surface area contributed by atoms with Crippen LogP contribution in [-0.4, -0.2) is 51.4 Å². The number of imidazole rings is 1. The van der Waals surface area contributed by atoms with E-state index in [4.69, 9.17) is 0 Å². The van der Waals surface area contributed by atoms with Gasteiger partial charge in [0, 0.05) is 14.1 Å². The molecule has 7 heteroatoms. The molecule has 1 amide bonds. The first-order chi connectivity index (χ1) is 12.1. The van der Waals surface area contributed by atoms with Crippen molar-refractivity contribution in [3.63, 3.8) is 0 Å². The van der Waals surface area contributed by atoms with Crippen molar-refractivity contribution in [2.45, 2.75) is 18.9 Å². The number of hydrogen-bond acceptors (Lipinski definition) is 5. The van der Waals surface area contributed by atoms with E-state index in [1.807, 2.05) is 30.0 Å². The van der Waals surface area contributed by atoms with Crippen molar-refractivity contribution in [1.82, 2.24) is 24.8 Å². The molecule has 7 nitrogen and oxygen atoms in total. The SMILES string of the molecule is CN(CC(=O)N(C)C1CCc2ccccc21)c1ncnc2nc[nH]c12. The van der Waals surface area contributed by atoms with Gasteiger partial charge in [0.25, 0.3) is 0 Å². The highest BCUT2D eigenvalue weighted by molar-refractivity contribution is 5.87. The minimum atomic E-state index is 0.0653. The maximum atomic E-state index is 12.8. The zero-order chi connectivity index (χ0) is 17.4. The highest BCUT2D eigenvalue weighted by atomic mass is 16.2. The van der Waals surface area contributed by atoms with Crippen molar-refractivity contribution in [1.29, 1.82) is 0 Å². The number of anilines is 1. The number of amides is 1. The Kier molecular flexibility index (Phi) is 3.83. The number of carbonyl (C=O) groups excluding carboxylic acids is 1. The molecular weight excluding hydrogens is 316 g/mol. The molecule has 1 aromatic carbocycles. The van der Waals surface area contributed by atoms with E-state index in [9.17, 15) is 4.79 Å². The standard InChI is InChI=1S/C18H20N6O/c1-23(18-16-17(20-10-19-16)21-11-22-18)9-15(25)24(2)14-8-7-12-5-3-4-6-13(12)14/h3-6,10-11,14H,7-9H2,1-2H3,(H,19,20,21,22). The lowest BCUT2D eigenvalue weighted by Gasteiger charge is -2.28. The number of aryl methyl sites for hydroxylation is 1. The maximum absolute atomic E-state index is 12.8. The van der Waals surface area contributed by atoms with Crippen LogP contribution in [0.3, 0.4) is 0 Å². The minimum absolute atomic E-state index is 0.0653. The van der Waals surface area contributed by atoms with Crippen LogP contribution in [0.15, 0.2) is 36.9 Å². The summed E-state index contributed by atoms with van der Waals surface area (Å²) in [6.07, 6.45) is 5.05. The Labute approximate surface area is 145 Å². The Bertz CT molecular complexity index is 921. The predicted molar refractivity (Wildman–Crippen MR) is 95.2 cm³/mol. The number of nitrogens with zero attached hydrogens (tertiary/aromatic N) is 5. The summed E-state index contributed by atoms with van der Waals surface area (Å²) < 4.78 is 0. The van der Waals surface area contributed by atoms with E-state index in [2.05, 4.69) is 38.1 Å². The molecular formula is C18H20N6O. The Hall–Kier alpha value is -2.96. The van der Waals surface area contributed by atoms with Crippen molar-refractivity contribution in [3.05, 3.63) is 48.0 Å². The first-order valence-corrected chi connectivity index (χ1v) is 8.34. The Morgan fingerprint density at radius 2 is 2.08 bits per heavy atom. The number of H-pyrrole nitrogens is 1. The number of carbonyl (C=O) groups is 1. The molecule has 1 atom stereocenters. The minimum Gasteiger partial charge on any atom is -0.348 e. The van der Waals surface area contributed by atoms with Gasteiger partial charge in [0.2, 0.25) is 5.91 Å². The summed E-state index contributed by atoms with van der Waals surface area (Å²) in [6.45, 7) is 0.250. The molecule has 25 heavy (non-hydrogen) atoms. The number of hydrogen-bond donors (Lipinski definition) is 1. The quantitative estimate of drug-likeness (QED) is 0.788. The van der Waals surface area contributed by atoms with Gasteiger partial charge in [-0.15, -0.1) is 0 Å². The fourth-order valence-electron chi connectivity index (χ4n) is 3.54. The number of aromatic nitrogens is 4. The molecule has 1 N–H and O–H groups in total. The van der Waals surface area contributed by atoms with Crippen LogP contribution in [0.4, 0.5) is 5.82 Å². The van der Waals surface area contributed by atoms with Gasteiger partial charge in [-0.2, -0.15) is 0 Å². The molecule has 0 aliphatic heterocycles. The smallest absolute Gasteiger partial charge is 0.242 e. The molecule has 0 bridgehead atoms. The van der Waals surface area contributed by atoms with Crippen LogP contribution in [0.25, 0.3) is 11.2 Å². The van der Waals surface area contributed by atoms with Crippen LogP contribution in [0.5, 0.6) is 0 Å². The van der Waals surface area contributed by atoms with Gasteiger partial charge in [0.05, 0.1) is 18.9 Å². The van der Waals surface area contributed by atoms with E-state index in [1.165, 1.54) is 17.5 Å². The van der Waals surface area contributed by atoms with Gasteiger partial charge >= 0.3 is 0 Å². The topological polar surface area (TPSA) is 78.0 Å². The summed E-state index contributed by atoms with van der Waals surface area (Å²) in [5.74, 6) is 0.742. The van der Waals surface area contributed by atoms with Crippen molar-refractivity contribution in [2.75, 3.05) is 25.5 Å². The fourth-order valence-corrected chi connectivity index (χ4v) is 3.54. The van der Waals surface area contributed by atoms with Gasteiger partial charge in [-0.1, -0.05) is 24.3 Å². The molecule has 1 unspecified atom stereocenters. The number of fused-ring (bicyclic) bond motifs is 2. The Morgan fingerprint density at radius 3 is 2.96 bits per heavy atom. The van der Waals surface area contributed by atoms with E-state index in [1.54, 1.807) is 6.33 Å². The molecule has 1 aliphatic rings. The first kappa shape index (κ1) is 15.6. The third kappa shape index (κ3) is 2.71. The van der Waals surface area contributed by atoms with Crippen molar-refractivity contribution in [3.8, 4) is 0 Å². The summed E-state index contributed by atoms with van der Waals surface area (Å²) in [6, 6.07) is 8.52. The molecule has 2 heterocycles. The van der Waals surface area contributed by atoms with Crippen LogP contribution in [-0.2, 0) is 11.2 Å². The first-order valence-electron chi connectivity index (χ1n) is 8.34. The average Bonchev–Trinajstić information content (AvgIpc) is 3.27. The number of rotatable bonds is 4. The van der Waals surface area contributed by atoms with Crippen molar-refractivity contribution >= 4 is 22.9 Å². The van der Waals surface area contributed by atoms with Crippen LogP contribution < -0.4 is 4.90 Å².